The minimum absolute atomic E-state index is 0. The monoisotopic (exact) mass is 309 g/mol. The van der Waals surface area contributed by atoms with Crippen molar-refractivity contribution in [1.82, 2.24) is 0 Å². The number of rotatable bonds is 5. The summed E-state index contributed by atoms with van der Waals surface area (Å²) in [4.78, 5) is 0. The largest absolute Gasteiger partial charge is 0.496 e. The molecular formula is C12H20ClNO4S. The van der Waals surface area contributed by atoms with Crippen molar-refractivity contribution in [3.8, 4) is 11.5 Å². The number of hydrogen-bond acceptors (Lipinski definition) is 5. The normalized spacial score (nSPS) is 12.5. The Balaban J connectivity index is 0.00000324. The molecule has 5 nitrogen and oxygen atoms in total. The van der Waals surface area contributed by atoms with Crippen LogP contribution in [0.2, 0.25) is 0 Å². The van der Waals surface area contributed by atoms with Gasteiger partial charge < -0.3 is 14.7 Å². The van der Waals surface area contributed by atoms with Gasteiger partial charge in [-0.1, -0.05) is 0 Å². The predicted octanol–water partition coefficient (Wildman–Crippen LogP) is 1.65. The third kappa shape index (κ3) is 5.67. The van der Waals surface area contributed by atoms with Gasteiger partial charge in [-0.3, -0.25) is 0 Å². The highest BCUT2D eigenvalue weighted by Gasteiger charge is 2.13. The Labute approximate surface area is 120 Å². The van der Waals surface area contributed by atoms with Gasteiger partial charge in [-0.15, -0.1) is 12.4 Å². The maximum atomic E-state index is 11.2. The van der Waals surface area contributed by atoms with Crippen LogP contribution in [-0.4, -0.2) is 27.8 Å². The summed E-state index contributed by atoms with van der Waals surface area (Å²) in [7, 11) is -1.97. The van der Waals surface area contributed by atoms with Gasteiger partial charge in [0.1, 0.15) is 11.5 Å². The second-order valence-electron chi connectivity index (χ2n) is 4.40. The highest BCUT2D eigenvalue weighted by molar-refractivity contribution is 7.86. The lowest BCUT2D eigenvalue weighted by atomic mass is 10.0. The molecule has 1 unspecified atom stereocenters. The van der Waals surface area contributed by atoms with E-state index in [0.29, 0.717) is 23.5 Å². The maximum absolute atomic E-state index is 11.2. The van der Waals surface area contributed by atoms with E-state index in [1.165, 1.54) is 0 Å². The van der Waals surface area contributed by atoms with Crippen molar-refractivity contribution in [3.63, 3.8) is 0 Å². The van der Waals surface area contributed by atoms with Crippen LogP contribution in [0.25, 0.3) is 0 Å². The summed E-state index contributed by atoms with van der Waals surface area (Å²) in [6.45, 7) is 3.63. The fourth-order valence-electron chi connectivity index (χ4n) is 1.65. The van der Waals surface area contributed by atoms with Crippen LogP contribution >= 0.6 is 12.4 Å². The highest BCUT2D eigenvalue weighted by Crippen LogP contribution is 2.29. The van der Waals surface area contributed by atoms with Crippen LogP contribution in [0.3, 0.4) is 0 Å². The molecule has 0 amide bonds. The van der Waals surface area contributed by atoms with Gasteiger partial charge in [-0.05, 0) is 43.5 Å². The molecule has 0 heterocycles. The van der Waals surface area contributed by atoms with E-state index in [-0.39, 0.29) is 18.4 Å². The molecule has 1 aromatic carbocycles. The van der Waals surface area contributed by atoms with Crippen molar-refractivity contribution < 1.29 is 17.3 Å². The fraction of sp³-hybridized carbons (Fsp3) is 0.500. The minimum Gasteiger partial charge on any atom is -0.496 e. The molecule has 0 aliphatic rings. The smallest absolute Gasteiger partial charge is 0.306 e. The standard InChI is InChI=1S/C12H19NO4S.ClH/c1-8-5-12(16-3)10(6-9(2)13)7-11(8)17-18(4,14)15;/h5,7,9H,6,13H2,1-4H3;1H. The van der Waals surface area contributed by atoms with Crippen LogP contribution in [0.15, 0.2) is 12.1 Å². The Morgan fingerprint density at radius 1 is 1.32 bits per heavy atom. The Bertz CT molecular complexity index is 529. The van der Waals surface area contributed by atoms with E-state index in [2.05, 4.69) is 0 Å². The average molecular weight is 310 g/mol. The van der Waals surface area contributed by atoms with E-state index >= 15 is 0 Å². The Kier molecular flexibility index (Phi) is 6.62. The predicted molar refractivity (Wildman–Crippen MR) is 77.8 cm³/mol. The summed E-state index contributed by atoms with van der Waals surface area (Å²) in [5, 5.41) is 0. The van der Waals surface area contributed by atoms with Crippen LogP contribution in [0, 0.1) is 6.92 Å². The molecule has 2 N–H and O–H groups in total. The van der Waals surface area contributed by atoms with Crippen molar-refractivity contribution in [2.24, 2.45) is 5.73 Å². The molecule has 0 spiro atoms. The zero-order valence-corrected chi connectivity index (χ0v) is 13.1. The minimum atomic E-state index is -3.54. The van der Waals surface area contributed by atoms with E-state index in [0.717, 1.165) is 11.8 Å². The number of hydrogen-bond donors (Lipinski definition) is 1. The first kappa shape index (κ1) is 18.0. The summed E-state index contributed by atoms with van der Waals surface area (Å²) >= 11 is 0. The van der Waals surface area contributed by atoms with Crippen LogP contribution in [0.5, 0.6) is 11.5 Å². The lowest BCUT2D eigenvalue weighted by Gasteiger charge is -2.14. The molecule has 0 aliphatic carbocycles. The third-order valence-electron chi connectivity index (χ3n) is 2.36. The summed E-state index contributed by atoms with van der Waals surface area (Å²) in [5.74, 6) is 1.000. The van der Waals surface area contributed by atoms with E-state index in [4.69, 9.17) is 14.7 Å². The number of ether oxygens (including phenoxy) is 1. The SMILES string of the molecule is COc1cc(C)c(OS(C)(=O)=O)cc1CC(C)N.Cl. The summed E-state index contributed by atoms with van der Waals surface area (Å²) in [6.07, 6.45) is 1.60. The van der Waals surface area contributed by atoms with Crippen LogP contribution in [-0.2, 0) is 16.5 Å². The number of halogens is 1. The molecule has 0 saturated heterocycles. The van der Waals surface area contributed by atoms with Gasteiger partial charge in [0.2, 0.25) is 0 Å². The second-order valence-corrected chi connectivity index (χ2v) is 5.97. The highest BCUT2D eigenvalue weighted by atomic mass is 35.5. The molecule has 1 rings (SSSR count). The Hall–Kier alpha value is -0.980. The number of nitrogens with two attached hydrogens (primary N) is 1. The Morgan fingerprint density at radius 3 is 2.32 bits per heavy atom. The van der Waals surface area contributed by atoms with E-state index in [9.17, 15) is 8.42 Å². The molecule has 19 heavy (non-hydrogen) atoms. The first-order chi connectivity index (χ1) is 8.23. The van der Waals surface area contributed by atoms with Gasteiger partial charge in [0.05, 0.1) is 13.4 Å². The van der Waals surface area contributed by atoms with Gasteiger partial charge in [0.15, 0.2) is 0 Å². The molecule has 0 fully saturated rings. The van der Waals surface area contributed by atoms with Gasteiger partial charge >= 0.3 is 10.1 Å². The van der Waals surface area contributed by atoms with Crippen molar-refractivity contribution in [2.75, 3.05) is 13.4 Å². The number of aryl methyl sites for hydroxylation is 1. The molecule has 110 valence electrons. The summed E-state index contributed by atoms with van der Waals surface area (Å²) in [6, 6.07) is 3.37. The first-order valence-electron chi connectivity index (χ1n) is 5.55. The van der Waals surface area contributed by atoms with Crippen molar-refractivity contribution >= 4 is 22.5 Å². The fourth-order valence-corrected chi connectivity index (χ4v) is 2.16. The number of benzene rings is 1. The molecule has 1 atom stereocenters. The molecule has 0 radical (unpaired) electrons. The van der Waals surface area contributed by atoms with Gasteiger partial charge in [-0.2, -0.15) is 8.42 Å². The molecular weight excluding hydrogens is 290 g/mol. The van der Waals surface area contributed by atoms with E-state index in [1.54, 1.807) is 26.2 Å². The summed E-state index contributed by atoms with van der Waals surface area (Å²) < 4.78 is 32.5. The van der Waals surface area contributed by atoms with E-state index in [1.807, 2.05) is 6.92 Å². The van der Waals surface area contributed by atoms with Crippen LogP contribution < -0.4 is 14.7 Å². The van der Waals surface area contributed by atoms with Gasteiger partial charge in [-0.25, -0.2) is 0 Å². The molecule has 0 aliphatic heterocycles. The number of methoxy groups -OCH3 is 1. The molecule has 0 aromatic heterocycles. The van der Waals surface area contributed by atoms with Gasteiger partial charge in [0.25, 0.3) is 0 Å². The van der Waals surface area contributed by atoms with Crippen molar-refractivity contribution in [2.45, 2.75) is 26.3 Å². The second kappa shape index (κ2) is 6.98. The van der Waals surface area contributed by atoms with Crippen molar-refractivity contribution in [3.05, 3.63) is 23.3 Å². The van der Waals surface area contributed by atoms with Crippen LogP contribution in [0.1, 0.15) is 18.1 Å². The first-order valence-corrected chi connectivity index (χ1v) is 7.37. The maximum Gasteiger partial charge on any atom is 0.306 e. The molecule has 7 heteroatoms. The zero-order valence-electron chi connectivity index (χ0n) is 11.5. The summed E-state index contributed by atoms with van der Waals surface area (Å²) in [5.41, 5.74) is 7.28. The molecule has 0 saturated carbocycles. The zero-order chi connectivity index (χ0) is 13.9. The Morgan fingerprint density at radius 2 is 1.89 bits per heavy atom. The van der Waals surface area contributed by atoms with Crippen LogP contribution in [0.4, 0.5) is 0 Å². The van der Waals surface area contributed by atoms with Crippen molar-refractivity contribution in [1.29, 1.82) is 0 Å². The van der Waals surface area contributed by atoms with E-state index < -0.39 is 10.1 Å². The lowest BCUT2D eigenvalue weighted by Crippen LogP contribution is -2.18. The third-order valence-corrected chi connectivity index (χ3v) is 2.84. The lowest BCUT2D eigenvalue weighted by molar-refractivity contribution is 0.406. The topological polar surface area (TPSA) is 78.6 Å². The quantitative estimate of drug-likeness (QED) is 0.837. The van der Waals surface area contributed by atoms with Gasteiger partial charge in [0, 0.05) is 6.04 Å². The average Bonchev–Trinajstić information content (AvgIpc) is 2.19. The molecule has 1 aromatic rings. The molecule has 0 bridgehead atoms.